The molecule has 1 aliphatic heterocycles. The van der Waals surface area contributed by atoms with Crippen molar-refractivity contribution in [1.82, 2.24) is 20.4 Å². The first-order valence-corrected chi connectivity index (χ1v) is 14.4. The summed E-state index contributed by atoms with van der Waals surface area (Å²) in [6, 6.07) is 6.10. The number of benzene rings is 1. The molecule has 1 amide bonds. The smallest absolute Gasteiger partial charge is 0.267 e. The van der Waals surface area contributed by atoms with Gasteiger partial charge in [0, 0.05) is 33.8 Å². The van der Waals surface area contributed by atoms with Gasteiger partial charge in [0.2, 0.25) is 0 Å². The van der Waals surface area contributed by atoms with Crippen molar-refractivity contribution in [3.8, 4) is 16.9 Å². The molecule has 216 valence electrons. The molecule has 0 saturated heterocycles. The Morgan fingerprint density at radius 1 is 1.10 bits per heavy atom. The van der Waals surface area contributed by atoms with Crippen LogP contribution in [0.2, 0.25) is 0 Å². The molecule has 1 atom stereocenters. The zero-order valence-corrected chi connectivity index (χ0v) is 24.4. The fourth-order valence-electron chi connectivity index (χ4n) is 6.24. The van der Waals surface area contributed by atoms with Crippen LogP contribution in [0.1, 0.15) is 91.1 Å². The number of nitrogens with zero attached hydrogens (tertiary/aromatic N) is 2. The summed E-state index contributed by atoms with van der Waals surface area (Å²) in [5, 5.41) is 21.6. The summed E-state index contributed by atoms with van der Waals surface area (Å²) >= 11 is 0. The van der Waals surface area contributed by atoms with E-state index >= 15 is 0 Å². The number of ether oxygens (including phenoxy) is 1. The molecule has 10 heteroatoms. The molecule has 10 nitrogen and oxygen atoms in total. The maximum Gasteiger partial charge on any atom is 0.267 e. The van der Waals surface area contributed by atoms with Crippen LogP contribution in [0.15, 0.2) is 27.7 Å². The summed E-state index contributed by atoms with van der Waals surface area (Å²) in [6.45, 7) is 10.1. The molecule has 1 unspecified atom stereocenters. The number of hydrogen-bond acceptors (Lipinski definition) is 7. The fraction of sp³-hybridized carbons (Fsp3) is 0.452. The molecule has 1 aliphatic carbocycles. The van der Waals surface area contributed by atoms with Crippen molar-refractivity contribution in [3.05, 3.63) is 52.2 Å². The molecule has 1 saturated carbocycles. The predicted octanol–water partition coefficient (Wildman–Crippen LogP) is 5.54. The molecular weight excluding hydrogens is 520 g/mol. The highest BCUT2D eigenvalue weighted by atomic mass is 16.5. The molecule has 6 rings (SSSR count). The molecule has 3 aromatic heterocycles. The highest BCUT2D eigenvalue weighted by Gasteiger charge is 2.30. The van der Waals surface area contributed by atoms with Crippen LogP contribution in [0, 0.1) is 13.8 Å². The van der Waals surface area contributed by atoms with Crippen molar-refractivity contribution in [2.24, 2.45) is 4.99 Å². The number of rotatable bonds is 6. The van der Waals surface area contributed by atoms with Gasteiger partial charge in [-0.05, 0) is 70.6 Å². The topological polar surface area (TPSA) is 141 Å². The Morgan fingerprint density at radius 3 is 2.51 bits per heavy atom. The second-order valence-corrected chi connectivity index (χ2v) is 11.6. The number of anilines is 1. The van der Waals surface area contributed by atoms with E-state index in [4.69, 9.17) is 14.3 Å². The summed E-state index contributed by atoms with van der Waals surface area (Å²) < 4.78 is 11.3. The molecule has 0 bridgehead atoms. The van der Waals surface area contributed by atoms with Gasteiger partial charge in [0.25, 0.3) is 5.91 Å². The number of carbonyl (C=O) groups excluding carboxylic acids is 1. The number of methoxy groups -OCH3 is 1. The average Bonchev–Trinajstić information content (AvgIpc) is 3.63. The van der Waals surface area contributed by atoms with Gasteiger partial charge in [-0.1, -0.05) is 19.0 Å². The number of amides is 1. The third kappa shape index (κ3) is 4.80. The van der Waals surface area contributed by atoms with Gasteiger partial charge in [-0.25, -0.2) is 0 Å². The van der Waals surface area contributed by atoms with Gasteiger partial charge < -0.3 is 35.0 Å². The molecule has 4 aromatic rings. The molecule has 4 heterocycles. The molecule has 1 aromatic carbocycles. The van der Waals surface area contributed by atoms with E-state index in [2.05, 4.69) is 45.7 Å². The number of fused-ring (bicyclic) bond motifs is 3. The molecule has 0 radical (unpaired) electrons. The van der Waals surface area contributed by atoms with Gasteiger partial charge in [0.15, 0.2) is 0 Å². The third-order valence-corrected chi connectivity index (χ3v) is 8.29. The maximum absolute atomic E-state index is 13.3. The SMILES string of the molecule is COc1cc2c3c([nH]c2cc1-c1c(C)noc1C)NC(C)N=C3c1cc(C(=O)N[C@H]2CC[C@H](O)CC2)[nH]c1C(C)C. The van der Waals surface area contributed by atoms with Crippen molar-refractivity contribution < 1.29 is 19.2 Å². The van der Waals surface area contributed by atoms with E-state index in [1.807, 2.05) is 32.9 Å². The monoisotopic (exact) mass is 558 g/mol. The van der Waals surface area contributed by atoms with E-state index in [0.717, 1.165) is 74.7 Å². The summed E-state index contributed by atoms with van der Waals surface area (Å²) in [7, 11) is 1.66. The van der Waals surface area contributed by atoms with Crippen molar-refractivity contribution in [1.29, 1.82) is 0 Å². The summed E-state index contributed by atoms with van der Waals surface area (Å²) in [6.07, 6.45) is 2.55. The minimum atomic E-state index is -0.267. The van der Waals surface area contributed by atoms with E-state index in [9.17, 15) is 9.90 Å². The first kappa shape index (κ1) is 27.1. The van der Waals surface area contributed by atoms with Gasteiger partial charge in [-0.3, -0.25) is 9.79 Å². The summed E-state index contributed by atoms with van der Waals surface area (Å²) in [5.41, 5.74) is 7.70. The highest BCUT2D eigenvalue weighted by Crippen LogP contribution is 2.42. The number of hydrogen-bond donors (Lipinski definition) is 5. The second-order valence-electron chi connectivity index (χ2n) is 11.6. The number of aromatic amines is 2. The lowest BCUT2D eigenvalue weighted by atomic mass is 9.93. The van der Waals surface area contributed by atoms with Crippen LogP contribution in [0.3, 0.4) is 0 Å². The molecule has 5 N–H and O–H groups in total. The molecule has 0 spiro atoms. The van der Waals surface area contributed by atoms with Gasteiger partial charge in [0.05, 0.1) is 35.7 Å². The Bertz CT molecular complexity index is 1630. The lowest BCUT2D eigenvalue weighted by Crippen LogP contribution is -2.38. The summed E-state index contributed by atoms with van der Waals surface area (Å²) in [4.78, 5) is 25.4. The van der Waals surface area contributed by atoms with E-state index in [1.165, 1.54) is 0 Å². The Balaban J connectivity index is 1.44. The minimum Gasteiger partial charge on any atom is -0.496 e. The standard InChI is InChI=1S/C31H38N6O4/c1-14(2)28-22(12-24(35-28)31(39)34-18-7-9-19(38)10-8-18)29-27-20-13-25(40-6)21(26-15(3)37-41-16(26)4)11-23(20)36-30(27)33-17(5)32-29/h11-14,17-19,33,35-36,38H,7-10H2,1-6H3,(H,34,39)/t17?,18-,19-. The van der Waals surface area contributed by atoms with Crippen molar-refractivity contribution >= 4 is 28.3 Å². The van der Waals surface area contributed by atoms with Crippen LogP contribution in [-0.2, 0) is 0 Å². The molecule has 2 aliphatic rings. The van der Waals surface area contributed by atoms with Crippen LogP contribution >= 0.6 is 0 Å². The zero-order chi connectivity index (χ0) is 29.0. The fourth-order valence-corrected chi connectivity index (χ4v) is 6.24. The number of aliphatic hydroxyl groups is 1. The van der Waals surface area contributed by atoms with Gasteiger partial charge in [-0.2, -0.15) is 0 Å². The van der Waals surface area contributed by atoms with Crippen LogP contribution in [0.25, 0.3) is 22.0 Å². The van der Waals surface area contributed by atoms with Crippen LogP contribution in [0.4, 0.5) is 5.82 Å². The van der Waals surface area contributed by atoms with Crippen molar-refractivity contribution in [3.63, 3.8) is 0 Å². The Labute approximate surface area is 239 Å². The number of aromatic nitrogens is 3. The number of carbonyl (C=O) groups is 1. The second kappa shape index (κ2) is 10.4. The molecular formula is C31H38N6O4. The van der Waals surface area contributed by atoms with E-state index in [0.29, 0.717) is 24.3 Å². The first-order valence-electron chi connectivity index (χ1n) is 14.4. The largest absolute Gasteiger partial charge is 0.496 e. The lowest BCUT2D eigenvalue weighted by molar-refractivity contribution is 0.0863. The van der Waals surface area contributed by atoms with Crippen molar-refractivity contribution in [2.75, 3.05) is 12.4 Å². The zero-order valence-electron chi connectivity index (χ0n) is 24.4. The summed E-state index contributed by atoms with van der Waals surface area (Å²) in [5.74, 6) is 2.32. The Kier molecular flexibility index (Phi) is 6.89. The van der Waals surface area contributed by atoms with Crippen LogP contribution in [0.5, 0.6) is 5.75 Å². The van der Waals surface area contributed by atoms with Gasteiger partial charge in [-0.15, -0.1) is 0 Å². The van der Waals surface area contributed by atoms with E-state index in [1.54, 1.807) is 7.11 Å². The third-order valence-electron chi connectivity index (χ3n) is 8.29. The molecule has 41 heavy (non-hydrogen) atoms. The van der Waals surface area contributed by atoms with Gasteiger partial charge in [0.1, 0.15) is 29.2 Å². The van der Waals surface area contributed by atoms with Crippen LogP contribution in [-0.4, -0.2) is 57.3 Å². The predicted molar refractivity (Wildman–Crippen MR) is 159 cm³/mol. The average molecular weight is 559 g/mol. The normalized spacial score (nSPS) is 20.6. The minimum absolute atomic E-state index is 0.0657. The number of nitrogens with one attached hydrogen (secondary N) is 4. The molecule has 1 fully saturated rings. The van der Waals surface area contributed by atoms with Gasteiger partial charge >= 0.3 is 0 Å². The lowest BCUT2D eigenvalue weighted by Gasteiger charge is -2.25. The van der Waals surface area contributed by atoms with E-state index in [-0.39, 0.29) is 30.1 Å². The van der Waals surface area contributed by atoms with E-state index < -0.39 is 0 Å². The number of aryl methyl sites for hydroxylation is 2. The number of H-pyrrole nitrogens is 2. The van der Waals surface area contributed by atoms with Crippen LogP contribution < -0.4 is 15.4 Å². The number of aliphatic hydroxyl groups excluding tert-OH is 1. The Morgan fingerprint density at radius 2 is 1.85 bits per heavy atom. The highest BCUT2D eigenvalue weighted by molar-refractivity contribution is 6.25. The maximum atomic E-state index is 13.3. The van der Waals surface area contributed by atoms with Crippen molar-refractivity contribution in [2.45, 2.75) is 84.5 Å². The number of aliphatic imine (C=N–C) groups is 1. The Hall–Kier alpha value is -4.05. The quantitative estimate of drug-likeness (QED) is 0.210. The first-order chi connectivity index (χ1) is 19.6.